The van der Waals surface area contributed by atoms with Gasteiger partial charge in [0, 0.05) is 54.5 Å². The normalized spacial score (nSPS) is 12.5. The maximum atomic E-state index is 11.0. The molecule has 37 heavy (non-hydrogen) atoms. The van der Waals surface area contributed by atoms with Crippen LogP contribution in [0.2, 0.25) is 0 Å². The van der Waals surface area contributed by atoms with Gasteiger partial charge in [-0.05, 0) is 67.6 Å². The zero-order chi connectivity index (χ0) is 27.0. The van der Waals surface area contributed by atoms with Gasteiger partial charge in [-0.2, -0.15) is 0 Å². The number of allylic oxidation sites excluding steroid dienone is 1. The van der Waals surface area contributed by atoms with E-state index in [1.54, 1.807) is 17.6 Å². The van der Waals surface area contributed by atoms with Crippen molar-refractivity contribution >= 4 is 22.9 Å². The Morgan fingerprint density at radius 1 is 1.16 bits per heavy atom. The highest BCUT2D eigenvalue weighted by Crippen LogP contribution is 2.28. The molecule has 7 heteroatoms. The van der Waals surface area contributed by atoms with Crippen molar-refractivity contribution in [3.63, 3.8) is 0 Å². The van der Waals surface area contributed by atoms with Crippen molar-refractivity contribution in [3.05, 3.63) is 88.8 Å². The minimum Gasteiger partial charge on any atom is -0.402 e. The highest BCUT2D eigenvalue weighted by atomic mass is 16.5. The molecular weight excluding hydrogens is 464 g/mol. The van der Waals surface area contributed by atoms with Gasteiger partial charge in [-0.25, -0.2) is 5.48 Å². The summed E-state index contributed by atoms with van der Waals surface area (Å²) in [7, 11) is 0. The molecule has 1 aliphatic heterocycles. The first-order valence-corrected chi connectivity index (χ1v) is 13.1. The van der Waals surface area contributed by atoms with Crippen LogP contribution in [0.15, 0.2) is 66.4 Å². The largest absolute Gasteiger partial charge is 0.402 e. The van der Waals surface area contributed by atoms with E-state index in [0.717, 1.165) is 37.3 Å². The number of fused-ring (bicyclic) bond motifs is 3. The molecule has 3 aromatic rings. The molecule has 0 aliphatic carbocycles. The number of benzene rings is 2. The minimum absolute atomic E-state index is 0.149. The van der Waals surface area contributed by atoms with Gasteiger partial charge in [-0.3, -0.25) is 10.0 Å². The molecule has 2 heterocycles. The van der Waals surface area contributed by atoms with E-state index in [-0.39, 0.29) is 6.61 Å². The zero-order valence-electron chi connectivity index (χ0n) is 22.3. The number of hydrogen-bond donors (Lipinski definition) is 5. The molecule has 7 nitrogen and oxygen atoms in total. The third-order valence-electron chi connectivity index (χ3n) is 6.13. The van der Waals surface area contributed by atoms with Crippen molar-refractivity contribution in [3.8, 4) is 0 Å². The van der Waals surface area contributed by atoms with E-state index in [0.29, 0.717) is 6.42 Å². The molecule has 1 amide bonds. The SMILES string of the molecule is C/C=C(/N)CCO.CC.O=C(/C=C/c1ccc(CNCCc2cccc3c2cc2n3CCC2)cc1)NO. The van der Waals surface area contributed by atoms with Gasteiger partial charge in [0.1, 0.15) is 0 Å². The summed E-state index contributed by atoms with van der Waals surface area (Å²) in [6.07, 6.45) is 8.82. The molecule has 0 spiro atoms. The Balaban J connectivity index is 0.000000465. The van der Waals surface area contributed by atoms with Crippen molar-refractivity contribution in [2.24, 2.45) is 5.73 Å². The number of nitrogens with zero attached hydrogens (tertiary/aromatic N) is 1. The Hall–Kier alpha value is -3.39. The second-order valence-electron chi connectivity index (χ2n) is 8.56. The lowest BCUT2D eigenvalue weighted by molar-refractivity contribution is -0.124. The van der Waals surface area contributed by atoms with E-state index in [4.69, 9.17) is 16.0 Å². The van der Waals surface area contributed by atoms with Gasteiger partial charge in [-0.15, -0.1) is 0 Å². The van der Waals surface area contributed by atoms with E-state index in [2.05, 4.69) is 34.1 Å². The summed E-state index contributed by atoms with van der Waals surface area (Å²) in [4.78, 5) is 11.0. The molecule has 0 saturated carbocycles. The molecule has 6 N–H and O–H groups in total. The first-order chi connectivity index (χ1) is 18.0. The van der Waals surface area contributed by atoms with E-state index < -0.39 is 5.91 Å². The number of hydrogen-bond acceptors (Lipinski definition) is 5. The van der Waals surface area contributed by atoms with Gasteiger partial charge < -0.3 is 20.7 Å². The summed E-state index contributed by atoms with van der Waals surface area (Å²) in [5, 5.41) is 21.7. The van der Waals surface area contributed by atoms with Crippen LogP contribution in [0, 0.1) is 0 Å². The van der Waals surface area contributed by atoms with Crippen molar-refractivity contribution in [1.82, 2.24) is 15.4 Å². The third-order valence-corrected chi connectivity index (χ3v) is 6.13. The lowest BCUT2D eigenvalue weighted by Gasteiger charge is -2.08. The quantitative estimate of drug-likeness (QED) is 0.125. The lowest BCUT2D eigenvalue weighted by atomic mass is 10.1. The molecule has 0 unspecified atom stereocenters. The number of rotatable bonds is 9. The summed E-state index contributed by atoms with van der Waals surface area (Å²) in [5.41, 5.74) is 14.0. The maximum absolute atomic E-state index is 11.0. The van der Waals surface area contributed by atoms with Crippen molar-refractivity contribution in [2.45, 2.75) is 59.5 Å². The van der Waals surface area contributed by atoms with E-state index in [1.807, 2.05) is 45.0 Å². The Bertz CT molecular complexity index is 1160. The molecule has 1 aromatic heterocycles. The number of aliphatic hydroxyl groups is 1. The summed E-state index contributed by atoms with van der Waals surface area (Å²) < 4.78 is 2.46. The van der Waals surface area contributed by atoms with Crippen molar-refractivity contribution in [1.29, 1.82) is 0 Å². The van der Waals surface area contributed by atoms with Crippen molar-refractivity contribution in [2.75, 3.05) is 13.2 Å². The Morgan fingerprint density at radius 3 is 2.57 bits per heavy atom. The van der Waals surface area contributed by atoms with Crippen LogP contribution in [0.4, 0.5) is 0 Å². The average molecular weight is 507 g/mol. The number of aliphatic hydroxyl groups excluding tert-OH is 1. The Labute approximate surface area is 220 Å². The first-order valence-electron chi connectivity index (χ1n) is 13.1. The number of carbonyl (C=O) groups excluding carboxylic acids is 1. The standard InChI is InChI=1S/C23H25N3O2.C5H11NO.C2H6/c27-23(25-28)11-10-17-6-8-18(9-7-17)16-24-13-12-19-3-1-5-22-21(19)15-20-4-2-14-26(20)22;1-2-5(6)3-4-7;1-2/h1,3,5-11,15,24,28H,2,4,12-14,16H2,(H,25,27);2,7H,3-4,6H2,1H3;1-2H3/b11-10+;5-2+;. The van der Waals surface area contributed by atoms with Crippen LogP contribution in [-0.2, 0) is 30.7 Å². The molecule has 0 fully saturated rings. The smallest absolute Gasteiger partial charge is 0.267 e. The van der Waals surface area contributed by atoms with Crippen LogP contribution in [0.1, 0.15) is 56.0 Å². The van der Waals surface area contributed by atoms with E-state index >= 15 is 0 Å². The second-order valence-corrected chi connectivity index (χ2v) is 8.56. The van der Waals surface area contributed by atoms with Gasteiger partial charge in [0.2, 0.25) is 0 Å². The number of carbonyl (C=O) groups is 1. The zero-order valence-corrected chi connectivity index (χ0v) is 22.3. The predicted molar refractivity (Wildman–Crippen MR) is 152 cm³/mol. The van der Waals surface area contributed by atoms with E-state index in [9.17, 15) is 4.79 Å². The van der Waals surface area contributed by atoms with Crippen LogP contribution in [0.3, 0.4) is 0 Å². The average Bonchev–Trinajstić information content (AvgIpc) is 3.54. The molecule has 1 aliphatic rings. The molecule has 200 valence electrons. The van der Waals surface area contributed by atoms with Crippen molar-refractivity contribution < 1.29 is 15.1 Å². The molecule has 2 aromatic carbocycles. The molecule has 4 rings (SSSR count). The third kappa shape index (κ3) is 9.21. The fraction of sp³-hybridized carbons (Fsp3) is 0.367. The topological polar surface area (TPSA) is 113 Å². The van der Waals surface area contributed by atoms with Gasteiger partial charge in [0.25, 0.3) is 5.91 Å². The number of aromatic nitrogens is 1. The number of nitrogens with one attached hydrogen (secondary N) is 2. The summed E-state index contributed by atoms with van der Waals surface area (Å²) in [6.45, 7) is 8.89. The maximum Gasteiger partial charge on any atom is 0.267 e. The molecule has 0 saturated heterocycles. The number of amides is 1. The van der Waals surface area contributed by atoms with E-state index in [1.165, 1.54) is 46.6 Å². The Kier molecular flexibility index (Phi) is 13.2. The number of hydroxylamine groups is 1. The lowest BCUT2D eigenvalue weighted by Crippen LogP contribution is -2.16. The number of aryl methyl sites for hydroxylation is 2. The fourth-order valence-corrected chi connectivity index (χ4v) is 4.19. The highest BCUT2D eigenvalue weighted by molar-refractivity contribution is 5.90. The van der Waals surface area contributed by atoms with Crippen LogP contribution in [0.5, 0.6) is 0 Å². The first kappa shape index (κ1) is 29.8. The molecule has 0 radical (unpaired) electrons. The fourth-order valence-electron chi connectivity index (χ4n) is 4.19. The summed E-state index contributed by atoms with van der Waals surface area (Å²) in [6, 6.07) is 17.0. The Morgan fingerprint density at radius 2 is 1.92 bits per heavy atom. The summed E-state index contributed by atoms with van der Waals surface area (Å²) >= 11 is 0. The molecule has 0 bridgehead atoms. The van der Waals surface area contributed by atoms with Gasteiger partial charge in [-0.1, -0.05) is 56.3 Å². The van der Waals surface area contributed by atoms with Crippen LogP contribution in [0.25, 0.3) is 17.0 Å². The molecular formula is C30H42N4O3. The minimum atomic E-state index is -0.533. The predicted octanol–water partition coefficient (Wildman–Crippen LogP) is 4.70. The van der Waals surface area contributed by atoms with Crippen LogP contribution < -0.4 is 16.5 Å². The monoisotopic (exact) mass is 506 g/mol. The van der Waals surface area contributed by atoms with Crippen LogP contribution >= 0.6 is 0 Å². The van der Waals surface area contributed by atoms with Gasteiger partial charge in [0.05, 0.1) is 0 Å². The van der Waals surface area contributed by atoms with Gasteiger partial charge in [0.15, 0.2) is 0 Å². The van der Waals surface area contributed by atoms with Gasteiger partial charge >= 0.3 is 0 Å². The number of nitrogens with two attached hydrogens (primary N) is 1. The second kappa shape index (κ2) is 16.4. The summed E-state index contributed by atoms with van der Waals surface area (Å²) in [5.74, 6) is -0.533. The van der Waals surface area contributed by atoms with Crippen LogP contribution in [-0.4, -0.2) is 33.9 Å². The highest BCUT2D eigenvalue weighted by Gasteiger charge is 2.15. The molecule has 0 atom stereocenters.